The summed E-state index contributed by atoms with van der Waals surface area (Å²) in [4.78, 5) is 14.6. The standard InChI is InChI=1S/C18H23NO2/c1-12-8-13(2)18(14(3)9-12)17(20)11-19(5)10-16-6-7-21-15(16)4/h6-9H,10-11H2,1-5H3. The summed E-state index contributed by atoms with van der Waals surface area (Å²) < 4.78 is 5.29. The van der Waals surface area contributed by atoms with E-state index in [-0.39, 0.29) is 5.78 Å². The molecule has 0 saturated heterocycles. The van der Waals surface area contributed by atoms with Gasteiger partial charge in [-0.15, -0.1) is 0 Å². The molecule has 0 N–H and O–H groups in total. The van der Waals surface area contributed by atoms with Gasteiger partial charge in [0.05, 0.1) is 12.8 Å². The number of carbonyl (C=O) groups excluding carboxylic acids is 1. The van der Waals surface area contributed by atoms with Crippen molar-refractivity contribution in [2.24, 2.45) is 0 Å². The average Bonchev–Trinajstić information content (AvgIpc) is 2.73. The smallest absolute Gasteiger partial charge is 0.177 e. The molecule has 0 radical (unpaired) electrons. The Morgan fingerprint density at radius 2 is 1.76 bits per heavy atom. The third-order valence-corrected chi connectivity index (χ3v) is 3.78. The number of rotatable bonds is 5. The Morgan fingerprint density at radius 1 is 1.14 bits per heavy atom. The lowest BCUT2D eigenvalue weighted by molar-refractivity contribution is 0.0941. The molecular formula is C18H23NO2. The predicted molar refractivity (Wildman–Crippen MR) is 84.8 cm³/mol. The average molecular weight is 285 g/mol. The summed E-state index contributed by atoms with van der Waals surface area (Å²) in [5, 5.41) is 0. The zero-order valence-electron chi connectivity index (χ0n) is 13.5. The van der Waals surface area contributed by atoms with Crippen LogP contribution in [0.5, 0.6) is 0 Å². The molecular weight excluding hydrogens is 262 g/mol. The quantitative estimate of drug-likeness (QED) is 0.783. The molecule has 0 amide bonds. The van der Waals surface area contributed by atoms with E-state index in [1.54, 1.807) is 6.26 Å². The van der Waals surface area contributed by atoms with Crippen molar-refractivity contribution in [1.82, 2.24) is 4.90 Å². The molecule has 1 heterocycles. The van der Waals surface area contributed by atoms with Crippen LogP contribution in [0, 0.1) is 27.7 Å². The molecule has 0 spiro atoms. The van der Waals surface area contributed by atoms with E-state index in [4.69, 9.17) is 4.42 Å². The Kier molecular flexibility index (Phi) is 4.63. The van der Waals surface area contributed by atoms with E-state index < -0.39 is 0 Å². The molecule has 21 heavy (non-hydrogen) atoms. The van der Waals surface area contributed by atoms with Crippen LogP contribution in [0.1, 0.15) is 38.4 Å². The first kappa shape index (κ1) is 15.5. The number of benzene rings is 1. The Morgan fingerprint density at radius 3 is 2.29 bits per heavy atom. The zero-order chi connectivity index (χ0) is 15.6. The SMILES string of the molecule is Cc1cc(C)c(C(=O)CN(C)Cc2ccoc2C)c(C)c1. The Balaban J connectivity index is 2.10. The van der Waals surface area contributed by atoms with Crippen LogP contribution in [0.15, 0.2) is 28.9 Å². The first-order valence-corrected chi connectivity index (χ1v) is 7.21. The number of carbonyl (C=O) groups is 1. The van der Waals surface area contributed by atoms with Crippen molar-refractivity contribution in [2.45, 2.75) is 34.2 Å². The van der Waals surface area contributed by atoms with Gasteiger partial charge in [-0.1, -0.05) is 17.7 Å². The number of furan rings is 1. The second-order valence-electron chi connectivity index (χ2n) is 5.87. The maximum atomic E-state index is 12.6. The van der Waals surface area contributed by atoms with Crippen LogP contribution in [0.4, 0.5) is 0 Å². The highest BCUT2D eigenvalue weighted by atomic mass is 16.3. The van der Waals surface area contributed by atoms with Gasteiger partial charge in [-0.05, 0) is 51.9 Å². The summed E-state index contributed by atoms with van der Waals surface area (Å²) in [6.07, 6.45) is 1.69. The van der Waals surface area contributed by atoms with Crippen LogP contribution in [-0.4, -0.2) is 24.3 Å². The van der Waals surface area contributed by atoms with Gasteiger partial charge in [0.1, 0.15) is 5.76 Å². The van der Waals surface area contributed by atoms with Gasteiger partial charge in [-0.25, -0.2) is 0 Å². The van der Waals surface area contributed by atoms with Gasteiger partial charge < -0.3 is 4.42 Å². The van der Waals surface area contributed by atoms with Crippen molar-refractivity contribution in [3.8, 4) is 0 Å². The molecule has 0 unspecified atom stereocenters. The summed E-state index contributed by atoms with van der Waals surface area (Å²) in [7, 11) is 1.96. The van der Waals surface area contributed by atoms with Crippen molar-refractivity contribution in [3.63, 3.8) is 0 Å². The van der Waals surface area contributed by atoms with E-state index in [9.17, 15) is 4.79 Å². The maximum absolute atomic E-state index is 12.6. The van der Waals surface area contributed by atoms with Crippen molar-refractivity contribution in [2.75, 3.05) is 13.6 Å². The van der Waals surface area contributed by atoms with Crippen LogP contribution >= 0.6 is 0 Å². The summed E-state index contributed by atoms with van der Waals surface area (Å²) in [6, 6.07) is 6.10. The van der Waals surface area contributed by atoms with E-state index in [0.717, 1.165) is 34.6 Å². The minimum atomic E-state index is 0.175. The third-order valence-electron chi connectivity index (χ3n) is 3.78. The Labute approximate surface area is 126 Å². The van der Waals surface area contributed by atoms with Gasteiger partial charge in [0.25, 0.3) is 0 Å². The van der Waals surface area contributed by atoms with Gasteiger partial charge in [0.15, 0.2) is 5.78 Å². The number of hydrogen-bond donors (Lipinski definition) is 0. The molecule has 2 aromatic rings. The molecule has 1 aromatic carbocycles. The molecule has 0 atom stereocenters. The lowest BCUT2D eigenvalue weighted by Crippen LogP contribution is -2.26. The number of nitrogens with zero attached hydrogens (tertiary/aromatic N) is 1. The Bertz CT molecular complexity index is 632. The highest BCUT2D eigenvalue weighted by Gasteiger charge is 2.15. The number of hydrogen-bond acceptors (Lipinski definition) is 3. The van der Waals surface area contributed by atoms with Crippen LogP contribution < -0.4 is 0 Å². The summed E-state index contributed by atoms with van der Waals surface area (Å²) in [5.41, 5.74) is 5.30. The number of aryl methyl sites for hydroxylation is 4. The van der Waals surface area contributed by atoms with Crippen molar-refractivity contribution < 1.29 is 9.21 Å². The molecule has 0 aliphatic heterocycles. The first-order chi connectivity index (χ1) is 9.88. The lowest BCUT2D eigenvalue weighted by atomic mass is 9.96. The monoisotopic (exact) mass is 285 g/mol. The van der Waals surface area contributed by atoms with Crippen LogP contribution in [-0.2, 0) is 6.54 Å². The van der Waals surface area contributed by atoms with E-state index in [1.165, 1.54) is 5.56 Å². The molecule has 112 valence electrons. The molecule has 0 aliphatic rings. The lowest BCUT2D eigenvalue weighted by Gasteiger charge is -2.17. The van der Waals surface area contributed by atoms with E-state index in [0.29, 0.717) is 6.54 Å². The molecule has 0 fully saturated rings. The second-order valence-corrected chi connectivity index (χ2v) is 5.87. The molecule has 0 saturated carbocycles. The van der Waals surface area contributed by atoms with Crippen molar-refractivity contribution in [1.29, 1.82) is 0 Å². The molecule has 1 aromatic heterocycles. The minimum Gasteiger partial charge on any atom is -0.469 e. The fourth-order valence-corrected chi connectivity index (χ4v) is 2.87. The number of ketones is 1. The summed E-state index contributed by atoms with van der Waals surface area (Å²) in [6.45, 7) is 9.15. The van der Waals surface area contributed by atoms with Gasteiger partial charge in [0.2, 0.25) is 0 Å². The maximum Gasteiger partial charge on any atom is 0.177 e. The van der Waals surface area contributed by atoms with Gasteiger partial charge in [-0.3, -0.25) is 9.69 Å². The fraction of sp³-hybridized carbons (Fsp3) is 0.389. The van der Waals surface area contributed by atoms with Crippen LogP contribution in [0.3, 0.4) is 0 Å². The normalized spacial score (nSPS) is 11.1. The molecule has 3 heteroatoms. The minimum absolute atomic E-state index is 0.175. The second kappa shape index (κ2) is 6.27. The van der Waals surface area contributed by atoms with Gasteiger partial charge in [0, 0.05) is 17.7 Å². The van der Waals surface area contributed by atoms with Gasteiger partial charge >= 0.3 is 0 Å². The van der Waals surface area contributed by atoms with E-state index >= 15 is 0 Å². The number of Topliss-reactive ketones (excluding diaryl/α,β-unsaturated/α-hetero) is 1. The number of likely N-dealkylation sites (N-methyl/N-ethyl adjacent to an activating group) is 1. The molecule has 2 rings (SSSR count). The largest absolute Gasteiger partial charge is 0.469 e. The van der Waals surface area contributed by atoms with Crippen molar-refractivity contribution >= 4 is 5.78 Å². The van der Waals surface area contributed by atoms with E-state index in [2.05, 4.69) is 19.1 Å². The third kappa shape index (κ3) is 3.61. The zero-order valence-corrected chi connectivity index (χ0v) is 13.5. The molecule has 0 aliphatic carbocycles. The Hall–Kier alpha value is -1.87. The molecule has 3 nitrogen and oxygen atoms in total. The summed E-state index contributed by atoms with van der Waals surface area (Å²) >= 11 is 0. The highest BCUT2D eigenvalue weighted by Crippen LogP contribution is 2.18. The van der Waals surface area contributed by atoms with Crippen molar-refractivity contribution in [3.05, 3.63) is 58.0 Å². The topological polar surface area (TPSA) is 33.5 Å². The van der Waals surface area contributed by atoms with Gasteiger partial charge in [-0.2, -0.15) is 0 Å². The predicted octanol–water partition coefficient (Wildman–Crippen LogP) is 3.83. The van der Waals surface area contributed by atoms with E-state index in [1.807, 2.05) is 38.8 Å². The molecule has 0 bridgehead atoms. The summed E-state index contributed by atoms with van der Waals surface area (Å²) in [5.74, 6) is 1.09. The van der Waals surface area contributed by atoms with Crippen LogP contribution in [0.2, 0.25) is 0 Å². The first-order valence-electron chi connectivity index (χ1n) is 7.21. The van der Waals surface area contributed by atoms with Crippen LogP contribution in [0.25, 0.3) is 0 Å². The fourth-order valence-electron chi connectivity index (χ4n) is 2.87. The highest BCUT2D eigenvalue weighted by molar-refractivity contribution is 6.00.